The van der Waals surface area contributed by atoms with Crippen molar-refractivity contribution >= 4 is 29.3 Å². The topological polar surface area (TPSA) is 87.7 Å². The molecule has 1 aliphatic rings. The Bertz CT molecular complexity index is 550. The number of carbonyl (C=O) groups is 2. The van der Waals surface area contributed by atoms with E-state index in [1.165, 1.54) is 18.2 Å². The molecule has 3 N–H and O–H groups in total. The van der Waals surface area contributed by atoms with Crippen LogP contribution in [0.4, 0.5) is 10.5 Å². The van der Waals surface area contributed by atoms with E-state index < -0.39 is 5.97 Å². The number of rotatable bonds is 3. The van der Waals surface area contributed by atoms with Crippen molar-refractivity contribution in [2.75, 3.05) is 11.9 Å². The summed E-state index contributed by atoms with van der Waals surface area (Å²) in [6.07, 6.45) is 1.63. The van der Waals surface area contributed by atoms with Crippen molar-refractivity contribution < 1.29 is 19.4 Å². The van der Waals surface area contributed by atoms with E-state index in [4.69, 9.17) is 21.4 Å². The van der Waals surface area contributed by atoms with Crippen LogP contribution in [0.2, 0.25) is 5.02 Å². The van der Waals surface area contributed by atoms with Gasteiger partial charge < -0.3 is 20.5 Å². The van der Waals surface area contributed by atoms with E-state index >= 15 is 0 Å². The van der Waals surface area contributed by atoms with Crippen molar-refractivity contribution in [2.24, 2.45) is 0 Å². The van der Waals surface area contributed by atoms with Crippen molar-refractivity contribution in [3.63, 3.8) is 0 Å². The minimum Gasteiger partial charge on any atom is -0.478 e. The minimum atomic E-state index is -1.10. The molecule has 114 valence electrons. The van der Waals surface area contributed by atoms with Crippen LogP contribution in [0.1, 0.15) is 30.1 Å². The SMILES string of the molecule is CC1CC(NC(=O)Nc2cc(Cl)cc(C(=O)O)c2)CCO1. The summed E-state index contributed by atoms with van der Waals surface area (Å²) in [6, 6.07) is 3.85. The lowest BCUT2D eigenvalue weighted by atomic mass is 10.0. The maximum absolute atomic E-state index is 11.9. The lowest BCUT2D eigenvalue weighted by molar-refractivity contribution is 0.0157. The highest BCUT2D eigenvalue weighted by Gasteiger charge is 2.21. The molecule has 2 amide bonds. The maximum Gasteiger partial charge on any atom is 0.335 e. The third-order valence-corrected chi connectivity index (χ3v) is 3.44. The molecule has 0 aliphatic carbocycles. The number of halogens is 1. The second kappa shape index (κ2) is 6.78. The molecule has 1 fully saturated rings. The van der Waals surface area contributed by atoms with Crippen molar-refractivity contribution in [3.05, 3.63) is 28.8 Å². The molecule has 1 saturated heterocycles. The molecule has 0 bridgehead atoms. The van der Waals surface area contributed by atoms with E-state index in [0.717, 1.165) is 12.8 Å². The van der Waals surface area contributed by atoms with Crippen LogP contribution >= 0.6 is 11.6 Å². The van der Waals surface area contributed by atoms with Gasteiger partial charge in [-0.15, -0.1) is 0 Å². The second-order valence-corrected chi connectivity index (χ2v) is 5.47. The number of carbonyl (C=O) groups excluding carboxylic acids is 1. The zero-order chi connectivity index (χ0) is 15.4. The summed E-state index contributed by atoms with van der Waals surface area (Å²) in [5, 5.41) is 14.7. The van der Waals surface area contributed by atoms with Gasteiger partial charge in [0.25, 0.3) is 0 Å². The van der Waals surface area contributed by atoms with Crippen LogP contribution in [0.3, 0.4) is 0 Å². The molecule has 1 aromatic rings. The van der Waals surface area contributed by atoms with E-state index in [-0.39, 0.29) is 28.8 Å². The molecular weight excluding hydrogens is 296 g/mol. The average molecular weight is 313 g/mol. The first kappa shape index (κ1) is 15.6. The number of ether oxygens (including phenoxy) is 1. The summed E-state index contributed by atoms with van der Waals surface area (Å²) in [5.41, 5.74) is 0.370. The maximum atomic E-state index is 11.9. The van der Waals surface area contributed by atoms with Crippen LogP contribution in [-0.4, -0.2) is 35.9 Å². The van der Waals surface area contributed by atoms with Gasteiger partial charge >= 0.3 is 12.0 Å². The van der Waals surface area contributed by atoms with Crippen LogP contribution in [0.15, 0.2) is 18.2 Å². The lowest BCUT2D eigenvalue weighted by Crippen LogP contribution is -2.43. The second-order valence-electron chi connectivity index (χ2n) is 5.03. The van der Waals surface area contributed by atoms with Crippen LogP contribution in [0.25, 0.3) is 0 Å². The fourth-order valence-electron chi connectivity index (χ4n) is 2.27. The molecule has 2 rings (SSSR count). The van der Waals surface area contributed by atoms with Gasteiger partial charge in [0.1, 0.15) is 0 Å². The molecule has 1 aromatic carbocycles. The number of nitrogens with one attached hydrogen (secondary N) is 2. The number of anilines is 1. The van der Waals surface area contributed by atoms with Crippen LogP contribution < -0.4 is 10.6 Å². The van der Waals surface area contributed by atoms with Gasteiger partial charge in [-0.1, -0.05) is 11.6 Å². The van der Waals surface area contributed by atoms with Gasteiger partial charge in [0.05, 0.1) is 11.7 Å². The summed E-state index contributed by atoms with van der Waals surface area (Å²) in [6.45, 7) is 2.58. The standard InChI is InChI=1S/C14H17ClN2O4/c1-8-4-11(2-3-21-8)16-14(20)17-12-6-9(13(18)19)5-10(15)7-12/h5-8,11H,2-4H2,1H3,(H,18,19)(H2,16,17,20). The molecule has 0 radical (unpaired) electrons. The first-order valence-corrected chi connectivity index (χ1v) is 7.05. The molecule has 7 heteroatoms. The Kier molecular flexibility index (Phi) is 5.03. The molecular formula is C14H17ClN2O4. The van der Waals surface area contributed by atoms with Gasteiger partial charge in [0, 0.05) is 23.4 Å². The van der Waals surface area contributed by atoms with Gasteiger partial charge in [0.15, 0.2) is 0 Å². The van der Waals surface area contributed by atoms with Crippen LogP contribution in [0, 0.1) is 0 Å². The molecule has 1 aliphatic heterocycles. The van der Waals surface area contributed by atoms with E-state index in [0.29, 0.717) is 12.3 Å². The van der Waals surface area contributed by atoms with Gasteiger partial charge in [-0.25, -0.2) is 9.59 Å². The number of carboxylic acids is 1. The Balaban J connectivity index is 1.97. The quantitative estimate of drug-likeness (QED) is 0.800. The third-order valence-electron chi connectivity index (χ3n) is 3.22. The van der Waals surface area contributed by atoms with Crippen LogP contribution in [0.5, 0.6) is 0 Å². The highest BCUT2D eigenvalue weighted by molar-refractivity contribution is 6.31. The Hall–Kier alpha value is -1.79. The number of hydrogen-bond donors (Lipinski definition) is 3. The fourth-order valence-corrected chi connectivity index (χ4v) is 2.50. The highest BCUT2D eigenvalue weighted by atomic mass is 35.5. The Morgan fingerprint density at radius 1 is 1.38 bits per heavy atom. The normalized spacial score (nSPS) is 21.6. The summed E-state index contributed by atoms with van der Waals surface area (Å²) >= 11 is 5.84. The van der Waals surface area contributed by atoms with Crippen molar-refractivity contribution in [1.82, 2.24) is 5.32 Å². The van der Waals surface area contributed by atoms with E-state index in [2.05, 4.69) is 10.6 Å². The molecule has 21 heavy (non-hydrogen) atoms. The van der Waals surface area contributed by atoms with Crippen LogP contribution in [-0.2, 0) is 4.74 Å². The Morgan fingerprint density at radius 3 is 2.81 bits per heavy atom. The Morgan fingerprint density at radius 2 is 2.14 bits per heavy atom. The van der Waals surface area contributed by atoms with Crippen molar-refractivity contribution in [3.8, 4) is 0 Å². The number of aromatic carboxylic acids is 1. The summed E-state index contributed by atoms with van der Waals surface area (Å²) in [5.74, 6) is -1.10. The van der Waals surface area contributed by atoms with Gasteiger partial charge in [-0.05, 0) is 38.0 Å². The van der Waals surface area contributed by atoms with E-state index in [1.807, 2.05) is 6.92 Å². The molecule has 0 saturated carbocycles. The minimum absolute atomic E-state index is 0.0255. The molecule has 6 nitrogen and oxygen atoms in total. The summed E-state index contributed by atoms with van der Waals surface area (Å²) in [4.78, 5) is 22.9. The molecule has 0 aromatic heterocycles. The van der Waals surface area contributed by atoms with Crippen molar-refractivity contribution in [1.29, 1.82) is 0 Å². The predicted octanol–water partition coefficient (Wildman–Crippen LogP) is 2.73. The number of benzene rings is 1. The van der Waals surface area contributed by atoms with E-state index in [1.54, 1.807) is 0 Å². The average Bonchev–Trinajstić information content (AvgIpc) is 2.37. The van der Waals surface area contributed by atoms with Crippen molar-refractivity contribution in [2.45, 2.75) is 31.9 Å². The summed E-state index contributed by atoms with van der Waals surface area (Å²) < 4.78 is 5.41. The molecule has 2 atom stereocenters. The third kappa shape index (κ3) is 4.61. The largest absolute Gasteiger partial charge is 0.478 e. The first-order valence-electron chi connectivity index (χ1n) is 6.67. The Labute approximate surface area is 127 Å². The van der Waals surface area contributed by atoms with Gasteiger partial charge in [0.2, 0.25) is 0 Å². The zero-order valence-corrected chi connectivity index (χ0v) is 12.3. The van der Waals surface area contributed by atoms with E-state index in [9.17, 15) is 9.59 Å². The molecule has 1 heterocycles. The molecule has 2 unspecified atom stereocenters. The number of carboxylic acid groups (broad SMARTS) is 1. The zero-order valence-electron chi connectivity index (χ0n) is 11.6. The lowest BCUT2D eigenvalue weighted by Gasteiger charge is -2.27. The van der Waals surface area contributed by atoms with Gasteiger partial charge in [-0.2, -0.15) is 0 Å². The molecule has 0 spiro atoms. The fraction of sp³-hybridized carbons (Fsp3) is 0.429. The summed E-state index contributed by atoms with van der Waals surface area (Å²) in [7, 11) is 0. The first-order chi connectivity index (χ1) is 9.94. The highest BCUT2D eigenvalue weighted by Crippen LogP contribution is 2.19. The number of hydrogen-bond acceptors (Lipinski definition) is 3. The number of amides is 2. The number of urea groups is 1. The smallest absolute Gasteiger partial charge is 0.335 e. The monoisotopic (exact) mass is 312 g/mol. The van der Waals surface area contributed by atoms with Gasteiger partial charge in [-0.3, -0.25) is 0 Å². The predicted molar refractivity (Wildman–Crippen MR) is 79.0 cm³/mol.